The highest BCUT2D eigenvalue weighted by molar-refractivity contribution is 4.97. The lowest BCUT2D eigenvalue weighted by molar-refractivity contribution is 0.479. The van der Waals surface area contributed by atoms with Gasteiger partial charge in [0.1, 0.15) is 5.76 Å². The lowest BCUT2D eigenvalue weighted by Crippen LogP contribution is -2.21. The van der Waals surface area contributed by atoms with E-state index in [-0.39, 0.29) is 0 Å². The van der Waals surface area contributed by atoms with E-state index in [2.05, 4.69) is 17.6 Å². The van der Waals surface area contributed by atoms with Gasteiger partial charge in [0.05, 0.1) is 12.8 Å². The van der Waals surface area contributed by atoms with Crippen LogP contribution in [0.3, 0.4) is 0 Å². The Morgan fingerprint density at radius 1 is 1.31 bits per heavy atom. The average molecular weight is 182 g/mol. The summed E-state index contributed by atoms with van der Waals surface area (Å²) >= 11 is 0. The van der Waals surface area contributed by atoms with Crippen LogP contribution in [0.5, 0.6) is 0 Å². The largest absolute Gasteiger partial charge is 0.468 e. The summed E-state index contributed by atoms with van der Waals surface area (Å²) in [5.74, 6) is 1.00. The fraction of sp³-hybridized carbons (Fsp3) is 0.600. The summed E-state index contributed by atoms with van der Waals surface area (Å²) in [5, 5.41) is 6.59. The van der Waals surface area contributed by atoms with Gasteiger partial charge in [0.25, 0.3) is 0 Å². The van der Waals surface area contributed by atoms with Crippen molar-refractivity contribution in [2.45, 2.75) is 19.9 Å². The van der Waals surface area contributed by atoms with E-state index in [1.807, 2.05) is 12.1 Å². The van der Waals surface area contributed by atoms with E-state index >= 15 is 0 Å². The van der Waals surface area contributed by atoms with Gasteiger partial charge >= 0.3 is 0 Å². The fourth-order valence-corrected chi connectivity index (χ4v) is 1.14. The number of furan rings is 1. The van der Waals surface area contributed by atoms with Gasteiger partial charge in [0.2, 0.25) is 0 Å². The molecule has 3 heteroatoms. The summed E-state index contributed by atoms with van der Waals surface area (Å²) in [6, 6.07) is 3.90. The molecular formula is C10H18N2O. The van der Waals surface area contributed by atoms with Crippen LogP contribution < -0.4 is 10.6 Å². The molecule has 0 atom stereocenters. The molecule has 0 aliphatic heterocycles. The molecule has 0 radical (unpaired) electrons. The first-order chi connectivity index (χ1) is 6.43. The molecule has 1 aromatic heterocycles. The van der Waals surface area contributed by atoms with Crippen LogP contribution >= 0.6 is 0 Å². The lowest BCUT2D eigenvalue weighted by atomic mass is 10.4. The Balaban J connectivity index is 1.90. The van der Waals surface area contributed by atoms with Crippen LogP contribution in [0.25, 0.3) is 0 Å². The Bertz CT molecular complexity index is 197. The molecule has 1 rings (SSSR count). The minimum absolute atomic E-state index is 0.832. The van der Waals surface area contributed by atoms with Gasteiger partial charge in [-0.15, -0.1) is 0 Å². The molecule has 0 saturated carbocycles. The molecule has 1 aromatic rings. The Kier molecular flexibility index (Phi) is 5.29. The van der Waals surface area contributed by atoms with E-state index in [4.69, 9.17) is 4.42 Å². The van der Waals surface area contributed by atoms with E-state index in [1.165, 1.54) is 0 Å². The second-order valence-electron chi connectivity index (χ2n) is 2.96. The van der Waals surface area contributed by atoms with Gasteiger partial charge in [-0.1, -0.05) is 6.92 Å². The molecule has 0 fully saturated rings. The zero-order valence-electron chi connectivity index (χ0n) is 8.18. The molecule has 0 spiro atoms. The zero-order valence-corrected chi connectivity index (χ0v) is 8.18. The molecular weight excluding hydrogens is 164 g/mol. The SMILES string of the molecule is CCNCCCNCc1ccco1. The minimum Gasteiger partial charge on any atom is -0.468 e. The second kappa shape index (κ2) is 6.69. The number of nitrogens with one attached hydrogen (secondary N) is 2. The van der Waals surface area contributed by atoms with Gasteiger partial charge in [-0.25, -0.2) is 0 Å². The molecule has 74 valence electrons. The highest BCUT2D eigenvalue weighted by Gasteiger charge is 1.93. The third-order valence-electron chi connectivity index (χ3n) is 1.84. The highest BCUT2D eigenvalue weighted by Crippen LogP contribution is 1.97. The second-order valence-corrected chi connectivity index (χ2v) is 2.96. The van der Waals surface area contributed by atoms with Crippen molar-refractivity contribution in [1.29, 1.82) is 0 Å². The van der Waals surface area contributed by atoms with Crippen LogP contribution in [0.2, 0.25) is 0 Å². The molecule has 0 aliphatic rings. The molecule has 1 heterocycles. The molecule has 2 N–H and O–H groups in total. The van der Waals surface area contributed by atoms with E-state index < -0.39 is 0 Å². The first kappa shape index (κ1) is 10.3. The fourth-order valence-electron chi connectivity index (χ4n) is 1.14. The standard InChI is InChI=1S/C10H18N2O/c1-2-11-6-4-7-12-9-10-5-3-8-13-10/h3,5,8,11-12H,2,4,6-7,9H2,1H3. The molecule has 0 amide bonds. The molecule has 0 aliphatic carbocycles. The Labute approximate surface area is 79.5 Å². The summed E-state index contributed by atoms with van der Waals surface area (Å²) in [4.78, 5) is 0. The van der Waals surface area contributed by atoms with Crippen molar-refractivity contribution in [3.63, 3.8) is 0 Å². The third-order valence-corrected chi connectivity index (χ3v) is 1.84. The van der Waals surface area contributed by atoms with Crippen LogP contribution in [0.4, 0.5) is 0 Å². The monoisotopic (exact) mass is 182 g/mol. The maximum absolute atomic E-state index is 5.18. The van der Waals surface area contributed by atoms with Crippen molar-refractivity contribution in [3.8, 4) is 0 Å². The van der Waals surface area contributed by atoms with Crippen LogP contribution in [0.15, 0.2) is 22.8 Å². The number of hydrogen-bond donors (Lipinski definition) is 2. The van der Waals surface area contributed by atoms with E-state index in [0.717, 1.165) is 38.4 Å². The summed E-state index contributed by atoms with van der Waals surface area (Å²) in [5.41, 5.74) is 0. The van der Waals surface area contributed by atoms with Crippen molar-refractivity contribution >= 4 is 0 Å². The Hall–Kier alpha value is -0.800. The Morgan fingerprint density at radius 3 is 2.85 bits per heavy atom. The van der Waals surface area contributed by atoms with Crippen molar-refractivity contribution < 1.29 is 4.42 Å². The van der Waals surface area contributed by atoms with Gasteiger partial charge in [-0.2, -0.15) is 0 Å². The summed E-state index contributed by atoms with van der Waals surface area (Å²) in [6.07, 6.45) is 2.87. The van der Waals surface area contributed by atoms with Crippen LogP contribution in [-0.2, 0) is 6.54 Å². The van der Waals surface area contributed by atoms with E-state index in [0.29, 0.717) is 0 Å². The smallest absolute Gasteiger partial charge is 0.117 e. The predicted molar refractivity (Wildman–Crippen MR) is 53.6 cm³/mol. The predicted octanol–water partition coefficient (Wildman–Crippen LogP) is 1.37. The average Bonchev–Trinajstić information content (AvgIpc) is 2.63. The molecule has 0 bridgehead atoms. The van der Waals surface area contributed by atoms with Gasteiger partial charge in [0.15, 0.2) is 0 Å². The van der Waals surface area contributed by atoms with Crippen molar-refractivity contribution in [2.75, 3.05) is 19.6 Å². The topological polar surface area (TPSA) is 37.2 Å². The molecule has 0 aromatic carbocycles. The summed E-state index contributed by atoms with van der Waals surface area (Å²) in [7, 11) is 0. The van der Waals surface area contributed by atoms with Crippen molar-refractivity contribution in [1.82, 2.24) is 10.6 Å². The van der Waals surface area contributed by atoms with Crippen LogP contribution in [-0.4, -0.2) is 19.6 Å². The third kappa shape index (κ3) is 4.70. The lowest BCUT2D eigenvalue weighted by Gasteiger charge is -2.02. The maximum atomic E-state index is 5.18. The molecule has 13 heavy (non-hydrogen) atoms. The van der Waals surface area contributed by atoms with Crippen LogP contribution in [0.1, 0.15) is 19.1 Å². The molecule has 0 unspecified atom stereocenters. The number of rotatable bonds is 7. The van der Waals surface area contributed by atoms with Crippen molar-refractivity contribution in [3.05, 3.63) is 24.2 Å². The molecule has 3 nitrogen and oxygen atoms in total. The number of hydrogen-bond acceptors (Lipinski definition) is 3. The quantitative estimate of drug-likeness (QED) is 0.625. The maximum Gasteiger partial charge on any atom is 0.117 e. The highest BCUT2D eigenvalue weighted by atomic mass is 16.3. The first-order valence-corrected chi connectivity index (χ1v) is 4.87. The summed E-state index contributed by atoms with van der Waals surface area (Å²) < 4.78 is 5.18. The first-order valence-electron chi connectivity index (χ1n) is 4.87. The van der Waals surface area contributed by atoms with E-state index in [1.54, 1.807) is 6.26 Å². The normalized spacial score (nSPS) is 10.5. The van der Waals surface area contributed by atoms with Gasteiger partial charge in [-0.05, 0) is 38.2 Å². The van der Waals surface area contributed by atoms with Crippen LogP contribution in [0, 0.1) is 0 Å². The van der Waals surface area contributed by atoms with Crippen molar-refractivity contribution in [2.24, 2.45) is 0 Å². The molecule has 0 saturated heterocycles. The summed E-state index contributed by atoms with van der Waals surface area (Å²) in [6.45, 7) is 6.13. The van der Waals surface area contributed by atoms with E-state index in [9.17, 15) is 0 Å². The van der Waals surface area contributed by atoms with Gasteiger partial charge < -0.3 is 15.1 Å². The van der Waals surface area contributed by atoms with Gasteiger partial charge in [-0.3, -0.25) is 0 Å². The Morgan fingerprint density at radius 2 is 2.15 bits per heavy atom. The zero-order chi connectivity index (χ0) is 9.36. The van der Waals surface area contributed by atoms with Gasteiger partial charge in [0, 0.05) is 0 Å². The minimum atomic E-state index is 0.832.